The van der Waals surface area contributed by atoms with Gasteiger partial charge in [0.1, 0.15) is 23.9 Å². The molecule has 4 N–H and O–H groups in total. The summed E-state index contributed by atoms with van der Waals surface area (Å²) < 4.78 is 0. The topological polar surface area (TPSA) is 136 Å². The summed E-state index contributed by atoms with van der Waals surface area (Å²) in [5.41, 5.74) is -0.00889. The molecule has 1 aromatic carbocycles. The smallest absolute Gasteiger partial charge is 0.326 e. The van der Waals surface area contributed by atoms with Crippen molar-refractivity contribution in [1.29, 1.82) is 0 Å². The Morgan fingerprint density at radius 3 is 2.53 bits per heavy atom. The third-order valence-corrected chi connectivity index (χ3v) is 7.92. The summed E-state index contributed by atoms with van der Waals surface area (Å²) in [5.74, 6) is -2.45. The predicted molar refractivity (Wildman–Crippen MR) is 138 cm³/mol. The van der Waals surface area contributed by atoms with Crippen molar-refractivity contribution in [2.24, 2.45) is 11.8 Å². The van der Waals surface area contributed by atoms with Gasteiger partial charge in [-0.1, -0.05) is 31.9 Å². The highest BCUT2D eigenvalue weighted by atomic mass is 35.5. The molecule has 3 rings (SSSR count). The highest BCUT2D eigenvalue weighted by Gasteiger charge is 2.50. The minimum Gasteiger partial charge on any atom is -0.507 e. The molecule has 1 heterocycles. The Morgan fingerprint density at radius 2 is 1.92 bits per heavy atom. The van der Waals surface area contributed by atoms with Gasteiger partial charge < -0.3 is 25.7 Å². The molecule has 36 heavy (non-hydrogen) atoms. The molecule has 2 aliphatic rings. The van der Waals surface area contributed by atoms with Crippen LogP contribution in [0.25, 0.3) is 0 Å². The molecule has 9 nitrogen and oxygen atoms in total. The quantitative estimate of drug-likeness (QED) is 0.359. The Kier molecular flexibility index (Phi) is 9.52. The van der Waals surface area contributed by atoms with Crippen LogP contribution in [0.3, 0.4) is 0 Å². The number of halogens is 1. The van der Waals surface area contributed by atoms with Gasteiger partial charge in [0.05, 0.1) is 5.56 Å². The summed E-state index contributed by atoms with van der Waals surface area (Å²) in [7, 11) is 0. The highest BCUT2D eigenvalue weighted by Crippen LogP contribution is 2.42. The average Bonchev–Trinajstić information content (AvgIpc) is 3.40. The lowest BCUT2D eigenvalue weighted by molar-refractivity contribution is -0.145. The van der Waals surface area contributed by atoms with Crippen LogP contribution in [0.1, 0.15) is 56.3 Å². The van der Waals surface area contributed by atoms with Crippen LogP contribution >= 0.6 is 23.4 Å². The van der Waals surface area contributed by atoms with E-state index in [1.807, 2.05) is 6.26 Å². The number of rotatable bonds is 10. The lowest BCUT2D eigenvalue weighted by Gasteiger charge is -2.34. The van der Waals surface area contributed by atoms with Crippen molar-refractivity contribution in [2.45, 2.75) is 70.1 Å². The van der Waals surface area contributed by atoms with Crippen molar-refractivity contribution < 1.29 is 29.4 Å². The Morgan fingerprint density at radius 1 is 1.19 bits per heavy atom. The number of thioether (sulfide) groups is 1. The van der Waals surface area contributed by atoms with Crippen LogP contribution in [0, 0.1) is 11.8 Å². The van der Waals surface area contributed by atoms with Gasteiger partial charge >= 0.3 is 5.97 Å². The fraction of sp³-hybridized carbons (Fsp3) is 0.600. The van der Waals surface area contributed by atoms with E-state index >= 15 is 0 Å². The van der Waals surface area contributed by atoms with Crippen molar-refractivity contribution in [2.75, 3.05) is 12.0 Å². The van der Waals surface area contributed by atoms with Crippen LogP contribution in [0.4, 0.5) is 0 Å². The van der Waals surface area contributed by atoms with Gasteiger partial charge in [0.15, 0.2) is 0 Å². The van der Waals surface area contributed by atoms with Gasteiger partial charge in [-0.3, -0.25) is 14.4 Å². The second-order valence-electron chi connectivity index (χ2n) is 9.79. The first-order valence-electron chi connectivity index (χ1n) is 12.2. The minimum absolute atomic E-state index is 0.00889. The van der Waals surface area contributed by atoms with Crippen LogP contribution in [0.5, 0.6) is 5.75 Å². The summed E-state index contributed by atoms with van der Waals surface area (Å²) >= 11 is 7.36. The summed E-state index contributed by atoms with van der Waals surface area (Å²) in [6.45, 7) is 3.59. The van der Waals surface area contributed by atoms with Crippen LogP contribution in [0.15, 0.2) is 18.2 Å². The fourth-order valence-electron chi connectivity index (χ4n) is 5.19. The van der Waals surface area contributed by atoms with E-state index in [9.17, 15) is 29.4 Å². The molecule has 198 valence electrons. The largest absolute Gasteiger partial charge is 0.507 e. The maximum atomic E-state index is 13.9. The fourth-order valence-corrected chi connectivity index (χ4v) is 5.83. The standard InChI is InChI=1S/C25H34ClN3O6S/c1-13(2)21(28-22(31)16-8-7-15(26)12-20(16)30)24(33)29-18-6-4-5-14(18)11-19(29)23(32)27-17(25(34)35)9-10-36-3/h7-8,12-14,17-19,21,30H,4-6,9-11H2,1-3H3,(H,27,32)(H,28,31)(H,34,35)/t14-,17-,18-,19-,21-/m0/s1. The van der Waals surface area contributed by atoms with Crippen LogP contribution < -0.4 is 10.6 Å². The van der Waals surface area contributed by atoms with Crippen molar-refractivity contribution in [3.05, 3.63) is 28.8 Å². The number of fused-ring (bicyclic) bond motifs is 1. The van der Waals surface area contributed by atoms with Gasteiger partial charge in [-0.15, -0.1) is 0 Å². The molecule has 5 atom stereocenters. The summed E-state index contributed by atoms with van der Waals surface area (Å²) in [5, 5.41) is 25.3. The first-order chi connectivity index (χ1) is 17.0. The number of carboxylic acid groups (broad SMARTS) is 1. The average molecular weight is 540 g/mol. The first-order valence-corrected chi connectivity index (χ1v) is 14.0. The van der Waals surface area contributed by atoms with Gasteiger partial charge in [-0.05, 0) is 67.7 Å². The molecule has 0 bridgehead atoms. The number of amides is 3. The number of nitrogens with one attached hydrogen (secondary N) is 2. The van der Waals surface area contributed by atoms with E-state index in [2.05, 4.69) is 10.6 Å². The maximum absolute atomic E-state index is 13.9. The zero-order chi connectivity index (χ0) is 26.6. The SMILES string of the molecule is CSCC[C@H](NC(=O)[C@@H]1C[C@@H]2CCC[C@@H]2N1C(=O)[C@@H](NC(=O)c1ccc(Cl)cc1O)C(C)C)C(=O)O. The molecule has 1 saturated carbocycles. The van der Waals surface area contributed by atoms with Crippen molar-refractivity contribution in [3.8, 4) is 5.75 Å². The number of benzene rings is 1. The molecule has 3 amide bonds. The number of phenols is 1. The molecule has 0 unspecified atom stereocenters. The second kappa shape index (κ2) is 12.2. The lowest BCUT2D eigenvalue weighted by Crippen LogP contribution is -2.58. The monoisotopic (exact) mass is 539 g/mol. The molecule has 1 aliphatic carbocycles. The zero-order valence-electron chi connectivity index (χ0n) is 20.7. The van der Waals surface area contributed by atoms with Crippen LogP contribution in [0.2, 0.25) is 5.02 Å². The molecular formula is C25H34ClN3O6S. The molecule has 11 heteroatoms. The summed E-state index contributed by atoms with van der Waals surface area (Å²) in [6, 6.07) is 1.21. The Labute approximate surface area is 220 Å². The van der Waals surface area contributed by atoms with Crippen molar-refractivity contribution in [1.82, 2.24) is 15.5 Å². The Hall–Kier alpha value is -2.46. The third-order valence-electron chi connectivity index (χ3n) is 7.04. The van der Waals surface area contributed by atoms with E-state index in [0.29, 0.717) is 12.2 Å². The number of carboxylic acids is 1. The third kappa shape index (κ3) is 6.26. The number of phenolic OH excluding ortho intramolecular Hbond substituents is 1. The second-order valence-corrected chi connectivity index (χ2v) is 11.2. The molecule has 0 spiro atoms. The molecular weight excluding hydrogens is 506 g/mol. The van der Waals surface area contributed by atoms with Gasteiger partial charge in [0.25, 0.3) is 5.91 Å². The van der Waals surface area contributed by atoms with E-state index < -0.39 is 35.9 Å². The first kappa shape index (κ1) is 28.1. The van der Waals surface area contributed by atoms with E-state index in [0.717, 1.165) is 19.3 Å². The highest BCUT2D eigenvalue weighted by molar-refractivity contribution is 7.98. The molecule has 1 aliphatic heterocycles. The van der Waals surface area contributed by atoms with Gasteiger partial charge in [-0.2, -0.15) is 11.8 Å². The van der Waals surface area contributed by atoms with E-state index in [1.54, 1.807) is 18.7 Å². The number of likely N-dealkylation sites (tertiary alicyclic amines) is 1. The number of hydrogen-bond donors (Lipinski definition) is 4. The molecule has 0 radical (unpaired) electrons. The molecule has 1 saturated heterocycles. The summed E-state index contributed by atoms with van der Waals surface area (Å²) in [4.78, 5) is 53.4. The zero-order valence-corrected chi connectivity index (χ0v) is 22.3. The maximum Gasteiger partial charge on any atom is 0.326 e. The van der Waals surface area contributed by atoms with Crippen LogP contribution in [-0.2, 0) is 14.4 Å². The van der Waals surface area contributed by atoms with E-state index in [-0.39, 0.29) is 46.5 Å². The van der Waals surface area contributed by atoms with E-state index in [4.69, 9.17) is 11.6 Å². The van der Waals surface area contributed by atoms with Crippen LogP contribution in [-0.4, -0.2) is 75.0 Å². The number of carbonyl (C=O) groups excluding carboxylic acids is 3. The molecule has 1 aromatic rings. The summed E-state index contributed by atoms with van der Waals surface area (Å²) in [6.07, 6.45) is 5.20. The lowest BCUT2D eigenvalue weighted by atomic mass is 10.0. The van der Waals surface area contributed by atoms with Gasteiger partial charge in [0, 0.05) is 11.1 Å². The Balaban J connectivity index is 1.83. The van der Waals surface area contributed by atoms with E-state index in [1.165, 1.54) is 30.0 Å². The number of aliphatic carboxylic acids is 1. The number of hydrogen-bond acceptors (Lipinski definition) is 6. The molecule has 2 fully saturated rings. The predicted octanol–water partition coefficient (Wildman–Crippen LogP) is 2.89. The molecule has 0 aromatic heterocycles. The van der Waals surface area contributed by atoms with Crippen molar-refractivity contribution in [3.63, 3.8) is 0 Å². The number of carbonyl (C=O) groups is 4. The van der Waals surface area contributed by atoms with Crippen molar-refractivity contribution >= 4 is 47.1 Å². The Bertz CT molecular complexity index is 1010. The van der Waals surface area contributed by atoms with Gasteiger partial charge in [0.2, 0.25) is 11.8 Å². The normalized spacial score (nSPS) is 22.7. The number of aromatic hydroxyl groups is 1. The van der Waals surface area contributed by atoms with Gasteiger partial charge in [-0.25, -0.2) is 4.79 Å². The minimum atomic E-state index is -1.11. The number of nitrogens with zero attached hydrogens (tertiary/aromatic N) is 1.